The monoisotopic (exact) mass is 365 g/mol. The Morgan fingerprint density at radius 3 is 2.48 bits per heavy atom. The third-order valence-corrected chi connectivity index (χ3v) is 5.69. The summed E-state index contributed by atoms with van der Waals surface area (Å²) in [6.07, 6.45) is 0. The van der Waals surface area contributed by atoms with E-state index in [1.165, 1.54) is 16.3 Å². The Bertz CT molecular complexity index is 625. The van der Waals surface area contributed by atoms with Crippen LogP contribution in [0.3, 0.4) is 0 Å². The molecule has 0 spiro atoms. The van der Waals surface area contributed by atoms with Crippen LogP contribution in [0.5, 0.6) is 0 Å². The number of thiophene rings is 1. The van der Waals surface area contributed by atoms with Crippen molar-refractivity contribution in [3.63, 3.8) is 0 Å². The fraction of sp³-hybridized carbons (Fsp3) is 0.375. The molecule has 0 bridgehead atoms. The lowest BCUT2D eigenvalue weighted by molar-refractivity contribution is 0.529. The van der Waals surface area contributed by atoms with Gasteiger partial charge in [-0.2, -0.15) is 0 Å². The van der Waals surface area contributed by atoms with Gasteiger partial charge in [-0.05, 0) is 47.1 Å². The summed E-state index contributed by atoms with van der Waals surface area (Å²) in [6, 6.07) is 13.2. The lowest BCUT2D eigenvalue weighted by atomic mass is 10.0. The summed E-state index contributed by atoms with van der Waals surface area (Å²) in [5, 5.41) is 0. The molecule has 21 heavy (non-hydrogen) atoms. The van der Waals surface area contributed by atoms with Crippen molar-refractivity contribution in [1.82, 2.24) is 0 Å². The lowest BCUT2D eigenvalue weighted by Crippen LogP contribution is -2.46. The van der Waals surface area contributed by atoms with Crippen LogP contribution >= 0.6 is 27.3 Å². The molecule has 0 fully saturated rings. The van der Waals surface area contributed by atoms with E-state index in [9.17, 15) is 0 Å². The van der Waals surface area contributed by atoms with E-state index in [0.29, 0.717) is 0 Å². The summed E-state index contributed by atoms with van der Waals surface area (Å²) in [5.74, 6) is 0. The van der Waals surface area contributed by atoms with Gasteiger partial charge in [-0.15, -0.1) is 11.3 Å². The molecule has 2 unspecified atom stereocenters. The van der Waals surface area contributed by atoms with Gasteiger partial charge >= 0.3 is 0 Å². The summed E-state index contributed by atoms with van der Waals surface area (Å²) >= 11 is 5.34. The average Bonchev–Trinajstić information content (AvgIpc) is 2.88. The highest BCUT2D eigenvalue weighted by Crippen LogP contribution is 2.40. The molecule has 112 valence electrons. The standard InChI is InChI=1S/C16H20BrN3S/c1-11(18)16(14-7-8-15(17)21-14)20-10-9-19(2)12-5-3-4-6-13(12)20/h3-8,11,16H,9-10,18H2,1-2H3. The van der Waals surface area contributed by atoms with E-state index in [1.807, 2.05) is 0 Å². The number of hydrogen-bond donors (Lipinski definition) is 1. The van der Waals surface area contributed by atoms with Crippen molar-refractivity contribution in [1.29, 1.82) is 0 Å². The molecule has 0 aliphatic carbocycles. The number of hydrogen-bond acceptors (Lipinski definition) is 4. The second kappa shape index (κ2) is 5.99. The number of halogens is 1. The van der Waals surface area contributed by atoms with Crippen LogP contribution in [0.1, 0.15) is 17.8 Å². The molecule has 2 N–H and O–H groups in total. The van der Waals surface area contributed by atoms with Gasteiger partial charge in [-0.25, -0.2) is 0 Å². The Labute approximate surface area is 138 Å². The number of fused-ring (bicyclic) bond motifs is 1. The van der Waals surface area contributed by atoms with Gasteiger partial charge in [-0.1, -0.05) is 12.1 Å². The van der Waals surface area contributed by atoms with Crippen LogP contribution in [0, 0.1) is 0 Å². The predicted octanol–water partition coefficient (Wildman–Crippen LogP) is 3.86. The largest absolute Gasteiger partial charge is 0.371 e. The Morgan fingerprint density at radius 2 is 1.86 bits per heavy atom. The fourth-order valence-corrected chi connectivity index (χ4v) is 4.65. The highest BCUT2D eigenvalue weighted by atomic mass is 79.9. The van der Waals surface area contributed by atoms with Crippen LogP contribution in [0.25, 0.3) is 0 Å². The van der Waals surface area contributed by atoms with Gasteiger partial charge < -0.3 is 15.5 Å². The van der Waals surface area contributed by atoms with Crippen molar-refractivity contribution in [3.05, 3.63) is 45.1 Å². The smallest absolute Gasteiger partial charge is 0.0784 e. The van der Waals surface area contributed by atoms with Crippen molar-refractivity contribution < 1.29 is 0 Å². The molecule has 1 aliphatic heterocycles. The maximum Gasteiger partial charge on any atom is 0.0784 e. The molecular weight excluding hydrogens is 346 g/mol. The first-order valence-corrected chi connectivity index (χ1v) is 8.76. The second-order valence-corrected chi connectivity index (χ2v) is 8.04. The van der Waals surface area contributed by atoms with Crippen LogP contribution < -0.4 is 15.5 Å². The fourth-order valence-electron chi connectivity index (χ4n) is 3.00. The first kappa shape index (κ1) is 14.9. The van der Waals surface area contributed by atoms with Crippen molar-refractivity contribution in [2.75, 3.05) is 29.9 Å². The van der Waals surface area contributed by atoms with Crippen LogP contribution in [0.15, 0.2) is 40.2 Å². The second-order valence-electron chi connectivity index (χ2n) is 5.55. The van der Waals surface area contributed by atoms with Crippen LogP contribution in [-0.4, -0.2) is 26.2 Å². The summed E-state index contributed by atoms with van der Waals surface area (Å²) in [7, 11) is 2.15. The van der Waals surface area contributed by atoms with E-state index in [0.717, 1.165) is 16.9 Å². The zero-order chi connectivity index (χ0) is 15.0. The molecule has 0 saturated carbocycles. The third-order valence-electron chi connectivity index (χ3n) is 4.00. The van der Waals surface area contributed by atoms with Crippen molar-refractivity contribution >= 4 is 38.6 Å². The zero-order valence-corrected chi connectivity index (χ0v) is 14.7. The lowest BCUT2D eigenvalue weighted by Gasteiger charge is -2.42. The maximum atomic E-state index is 6.34. The SMILES string of the molecule is CC(N)C(c1ccc(Br)s1)N1CCN(C)c2ccccc21. The average molecular weight is 366 g/mol. The molecule has 0 saturated heterocycles. The summed E-state index contributed by atoms with van der Waals surface area (Å²) < 4.78 is 1.16. The molecular formula is C16H20BrN3S. The summed E-state index contributed by atoms with van der Waals surface area (Å²) in [4.78, 5) is 6.09. The Balaban J connectivity index is 2.03. The number of likely N-dealkylation sites (N-methyl/N-ethyl adjacent to an activating group) is 1. The Kier molecular flexibility index (Phi) is 4.24. The highest BCUT2D eigenvalue weighted by molar-refractivity contribution is 9.11. The van der Waals surface area contributed by atoms with Crippen LogP contribution in [-0.2, 0) is 0 Å². The highest BCUT2D eigenvalue weighted by Gasteiger charge is 2.30. The van der Waals surface area contributed by atoms with E-state index < -0.39 is 0 Å². The first-order valence-electron chi connectivity index (χ1n) is 7.15. The van der Waals surface area contributed by atoms with Gasteiger partial charge in [0.2, 0.25) is 0 Å². The maximum absolute atomic E-state index is 6.34. The summed E-state index contributed by atoms with van der Waals surface area (Å²) in [6.45, 7) is 4.11. The van der Waals surface area contributed by atoms with Crippen molar-refractivity contribution in [3.8, 4) is 0 Å². The Hall–Kier alpha value is -1.04. The molecule has 2 atom stereocenters. The van der Waals surface area contributed by atoms with Gasteiger partial charge in [0.1, 0.15) is 0 Å². The molecule has 3 rings (SSSR count). The Morgan fingerprint density at radius 1 is 1.14 bits per heavy atom. The summed E-state index contributed by atoms with van der Waals surface area (Å²) in [5.41, 5.74) is 8.90. The third kappa shape index (κ3) is 2.82. The van der Waals surface area contributed by atoms with E-state index in [1.54, 1.807) is 11.3 Å². The molecule has 0 amide bonds. The molecule has 0 radical (unpaired) electrons. The number of rotatable bonds is 3. The van der Waals surface area contributed by atoms with E-state index >= 15 is 0 Å². The first-order chi connectivity index (χ1) is 10.1. The van der Waals surface area contributed by atoms with Crippen molar-refractivity contribution in [2.45, 2.75) is 19.0 Å². The minimum Gasteiger partial charge on any atom is -0.371 e. The van der Waals surface area contributed by atoms with Crippen molar-refractivity contribution in [2.24, 2.45) is 5.73 Å². The molecule has 5 heteroatoms. The molecule has 1 aromatic heterocycles. The number of benzene rings is 1. The van der Waals surface area contributed by atoms with Gasteiger partial charge in [0.25, 0.3) is 0 Å². The minimum atomic E-state index is 0.0759. The minimum absolute atomic E-state index is 0.0759. The normalized spacial score (nSPS) is 17.5. The zero-order valence-electron chi connectivity index (χ0n) is 12.3. The number of nitrogens with zero attached hydrogens (tertiary/aromatic N) is 2. The van der Waals surface area contributed by atoms with E-state index in [2.05, 4.69) is 76.1 Å². The topological polar surface area (TPSA) is 32.5 Å². The van der Waals surface area contributed by atoms with Gasteiger partial charge in [0.05, 0.1) is 21.2 Å². The van der Waals surface area contributed by atoms with Crippen LogP contribution in [0.4, 0.5) is 11.4 Å². The van der Waals surface area contributed by atoms with E-state index in [4.69, 9.17) is 5.73 Å². The number of para-hydroxylation sites is 2. The number of anilines is 2. The molecule has 2 heterocycles. The number of nitrogens with two attached hydrogens (primary N) is 1. The molecule has 2 aromatic rings. The van der Waals surface area contributed by atoms with Gasteiger partial charge in [0.15, 0.2) is 0 Å². The van der Waals surface area contributed by atoms with Gasteiger partial charge in [-0.3, -0.25) is 0 Å². The molecule has 1 aromatic carbocycles. The predicted molar refractivity (Wildman–Crippen MR) is 95.5 cm³/mol. The molecule has 3 nitrogen and oxygen atoms in total. The van der Waals surface area contributed by atoms with Gasteiger partial charge in [0, 0.05) is 31.1 Å². The van der Waals surface area contributed by atoms with E-state index in [-0.39, 0.29) is 12.1 Å². The molecule has 1 aliphatic rings. The quantitative estimate of drug-likeness (QED) is 0.896. The van der Waals surface area contributed by atoms with Crippen LogP contribution in [0.2, 0.25) is 0 Å².